The maximum absolute atomic E-state index is 12.6. The van der Waals surface area contributed by atoms with Crippen LogP contribution in [0.3, 0.4) is 0 Å². The Morgan fingerprint density at radius 3 is 2.41 bits per heavy atom. The van der Waals surface area contributed by atoms with E-state index in [-0.39, 0.29) is 29.9 Å². The van der Waals surface area contributed by atoms with Crippen molar-refractivity contribution in [3.8, 4) is 11.5 Å². The lowest BCUT2D eigenvalue weighted by Gasteiger charge is -2.29. The van der Waals surface area contributed by atoms with E-state index in [0.29, 0.717) is 24.6 Å². The van der Waals surface area contributed by atoms with Crippen molar-refractivity contribution in [1.29, 1.82) is 0 Å². The molecule has 1 aliphatic rings. The van der Waals surface area contributed by atoms with Gasteiger partial charge in [0.25, 0.3) is 0 Å². The Kier molecular flexibility index (Phi) is 11.2. The molecule has 29 heavy (non-hydrogen) atoms. The Morgan fingerprint density at radius 2 is 1.83 bits per heavy atom. The second kappa shape index (κ2) is 12.8. The van der Waals surface area contributed by atoms with Gasteiger partial charge in [-0.15, -0.1) is 24.0 Å². The molecule has 7 nitrogen and oxygen atoms in total. The predicted octanol–water partition coefficient (Wildman–Crippen LogP) is 2.81. The van der Waals surface area contributed by atoms with Crippen molar-refractivity contribution in [1.82, 2.24) is 15.5 Å². The molecular weight excluding hydrogens is 483 g/mol. The van der Waals surface area contributed by atoms with Gasteiger partial charge in [-0.1, -0.05) is 13.8 Å². The number of fused-ring (bicyclic) bond motifs is 1. The maximum atomic E-state index is 12.6. The summed E-state index contributed by atoms with van der Waals surface area (Å²) in [5.41, 5.74) is 2.36. The van der Waals surface area contributed by atoms with Gasteiger partial charge in [0.15, 0.2) is 17.5 Å². The Morgan fingerprint density at radius 1 is 1.17 bits per heavy atom. The number of rotatable bonds is 8. The highest BCUT2D eigenvalue weighted by atomic mass is 127. The number of hydrogen-bond acceptors (Lipinski definition) is 4. The van der Waals surface area contributed by atoms with Crippen LogP contribution >= 0.6 is 24.0 Å². The number of nitrogens with one attached hydrogen (secondary N) is 2. The molecule has 1 aromatic carbocycles. The molecule has 8 heteroatoms. The van der Waals surface area contributed by atoms with Gasteiger partial charge >= 0.3 is 0 Å². The van der Waals surface area contributed by atoms with Gasteiger partial charge in [-0.05, 0) is 42.0 Å². The fourth-order valence-electron chi connectivity index (χ4n) is 3.22. The third-order valence-corrected chi connectivity index (χ3v) is 4.83. The monoisotopic (exact) mass is 518 g/mol. The highest BCUT2D eigenvalue weighted by Crippen LogP contribution is 2.33. The number of carbonyl (C=O) groups excluding carboxylic acids is 1. The van der Waals surface area contributed by atoms with Crippen molar-refractivity contribution in [2.45, 2.75) is 39.7 Å². The van der Waals surface area contributed by atoms with Gasteiger partial charge in [0.1, 0.15) is 0 Å². The topological polar surface area (TPSA) is 75.2 Å². The molecule has 0 spiro atoms. The van der Waals surface area contributed by atoms with Gasteiger partial charge in [0, 0.05) is 39.6 Å². The summed E-state index contributed by atoms with van der Waals surface area (Å²) in [5, 5.41) is 6.54. The van der Waals surface area contributed by atoms with Gasteiger partial charge in [-0.25, -0.2) is 0 Å². The van der Waals surface area contributed by atoms with E-state index in [1.807, 2.05) is 17.0 Å². The zero-order valence-corrected chi connectivity index (χ0v) is 20.5. The van der Waals surface area contributed by atoms with Crippen molar-refractivity contribution in [2.75, 3.05) is 40.9 Å². The fourth-order valence-corrected chi connectivity index (χ4v) is 3.22. The number of carbonyl (C=O) groups is 1. The molecule has 0 aliphatic carbocycles. The van der Waals surface area contributed by atoms with Crippen LogP contribution in [0.15, 0.2) is 17.1 Å². The van der Waals surface area contributed by atoms with Crippen LogP contribution in [0.4, 0.5) is 0 Å². The van der Waals surface area contributed by atoms with Crippen molar-refractivity contribution >= 4 is 35.8 Å². The average Bonchev–Trinajstić information content (AvgIpc) is 2.71. The van der Waals surface area contributed by atoms with E-state index in [1.54, 1.807) is 21.3 Å². The number of benzene rings is 1. The standard InChI is InChI=1S/C21H34N4O3.HI/c1-15(2)13-24-21(22-3)23-9-6-7-20(26)25-10-8-16-11-18(27-4)19(28-5)12-17(16)14-25;/h11-12,15H,6-10,13-14H2,1-5H3,(H2,22,23,24);1H. The van der Waals surface area contributed by atoms with Gasteiger partial charge in [0.2, 0.25) is 5.91 Å². The summed E-state index contributed by atoms with van der Waals surface area (Å²) in [7, 11) is 5.03. The minimum absolute atomic E-state index is 0. The summed E-state index contributed by atoms with van der Waals surface area (Å²) in [6, 6.07) is 4.01. The lowest BCUT2D eigenvalue weighted by atomic mass is 9.98. The Hall–Kier alpha value is -1.71. The highest BCUT2D eigenvalue weighted by Gasteiger charge is 2.22. The quantitative estimate of drug-likeness (QED) is 0.240. The number of aliphatic imine (C=N–C) groups is 1. The summed E-state index contributed by atoms with van der Waals surface area (Å²) in [4.78, 5) is 18.7. The lowest BCUT2D eigenvalue weighted by molar-refractivity contribution is -0.132. The van der Waals surface area contributed by atoms with Crippen molar-refractivity contribution in [3.05, 3.63) is 23.3 Å². The Balaban J connectivity index is 0.00000420. The molecular formula is C21H35IN4O3. The second-order valence-electron chi connectivity index (χ2n) is 7.42. The third-order valence-electron chi connectivity index (χ3n) is 4.83. The van der Waals surface area contributed by atoms with Crippen LogP contribution in [0.1, 0.15) is 37.8 Å². The molecule has 0 atom stereocenters. The van der Waals surface area contributed by atoms with E-state index in [9.17, 15) is 4.79 Å². The number of amides is 1. The molecule has 0 aromatic heterocycles. The van der Waals surface area contributed by atoms with E-state index in [0.717, 1.165) is 49.7 Å². The van der Waals surface area contributed by atoms with Gasteiger partial charge in [0.05, 0.1) is 14.2 Å². The normalized spacial score (nSPS) is 13.4. The van der Waals surface area contributed by atoms with E-state index >= 15 is 0 Å². The summed E-state index contributed by atoms with van der Waals surface area (Å²) in [6.07, 6.45) is 2.14. The molecule has 0 saturated carbocycles. The van der Waals surface area contributed by atoms with E-state index < -0.39 is 0 Å². The van der Waals surface area contributed by atoms with Crippen molar-refractivity contribution in [3.63, 3.8) is 0 Å². The summed E-state index contributed by atoms with van der Waals surface area (Å²) < 4.78 is 10.8. The number of guanidine groups is 1. The average molecular weight is 518 g/mol. The molecule has 2 rings (SSSR count). The van der Waals surface area contributed by atoms with Crippen LogP contribution in [0, 0.1) is 5.92 Å². The van der Waals surface area contributed by atoms with E-state index in [2.05, 4.69) is 29.5 Å². The maximum Gasteiger partial charge on any atom is 0.222 e. The Labute approximate surface area is 191 Å². The highest BCUT2D eigenvalue weighted by molar-refractivity contribution is 14.0. The molecule has 0 bridgehead atoms. The fraction of sp³-hybridized carbons (Fsp3) is 0.619. The smallest absolute Gasteiger partial charge is 0.222 e. The first-order chi connectivity index (χ1) is 13.5. The van der Waals surface area contributed by atoms with Crippen LogP contribution in [0.5, 0.6) is 11.5 Å². The number of ether oxygens (including phenoxy) is 2. The molecule has 0 fully saturated rings. The molecule has 2 N–H and O–H groups in total. The van der Waals surface area contributed by atoms with E-state index in [4.69, 9.17) is 9.47 Å². The molecule has 1 aromatic rings. The Bertz CT molecular complexity index is 695. The SMILES string of the molecule is CN=C(NCCCC(=O)N1CCc2cc(OC)c(OC)cc2C1)NCC(C)C.I. The number of nitrogens with zero attached hydrogens (tertiary/aromatic N) is 2. The van der Waals surface area contributed by atoms with Crippen molar-refractivity contribution < 1.29 is 14.3 Å². The summed E-state index contributed by atoms with van der Waals surface area (Å²) >= 11 is 0. The molecule has 0 unspecified atom stereocenters. The first kappa shape index (κ1) is 25.3. The first-order valence-electron chi connectivity index (χ1n) is 9.94. The summed E-state index contributed by atoms with van der Waals surface area (Å²) in [5.74, 6) is 2.98. The van der Waals surface area contributed by atoms with Gasteiger partial charge in [-0.3, -0.25) is 9.79 Å². The van der Waals surface area contributed by atoms with Crippen LogP contribution < -0.4 is 20.1 Å². The lowest BCUT2D eigenvalue weighted by Crippen LogP contribution is -2.40. The van der Waals surface area contributed by atoms with E-state index in [1.165, 1.54) is 5.56 Å². The third kappa shape index (κ3) is 7.56. The minimum Gasteiger partial charge on any atom is -0.493 e. The molecule has 0 radical (unpaired) electrons. The molecule has 0 saturated heterocycles. The van der Waals surface area contributed by atoms with Gasteiger partial charge < -0.3 is 25.0 Å². The zero-order valence-electron chi connectivity index (χ0n) is 18.2. The van der Waals surface area contributed by atoms with Crippen LogP contribution in [0.25, 0.3) is 0 Å². The van der Waals surface area contributed by atoms with Crippen molar-refractivity contribution in [2.24, 2.45) is 10.9 Å². The number of halogens is 1. The van der Waals surface area contributed by atoms with Crippen LogP contribution in [0.2, 0.25) is 0 Å². The largest absolute Gasteiger partial charge is 0.493 e. The molecule has 164 valence electrons. The first-order valence-corrected chi connectivity index (χ1v) is 9.94. The van der Waals surface area contributed by atoms with Crippen LogP contribution in [-0.4, -0.2) is 57.7 Å². The molecule has 1 aliphatic heterocycles. The second-order valence-corrected chi connectivity index (χ2v) is 7.42. The minimum atomic E-state index is 0. The zero-order chi connectivity index (χ0) is 20.5. The van der Waals surface area contributed by atoms with Gasteiger partial charge in [-0.2, -0.15) is 0 Å². The molecule has 1 amide bonds. The number of hydrogen-bond donors (Lipinski definition) is 2. The number of methoxy groups -OCH3 is 2. The van der Waals surface area contributed by atoms with Crippen LogP contribution in [-0.2, 0) is 17.8 Å². The predicted molar refractivity (Wildman–Crippen MR) is 128 cm³/mol. The molecule has 1 heterocycles. The summed E-state index contributed by atoms with van der Waals surface area (Å²) in [6.45, 7) is 7.27.